The van der Waals surface area contributed by atoms with E-state index in [-0.39, 0.29) is 22.9 Å². The second-order valence-electron chi connectivity index (χ2n) is 9.38. The van der Waals surface area contributed by atoms with Crippen molar-refractivity contribution in [3.05, 3.63) is 35.9 Å². The normalized spacial score (nSPS) is 33.9. The van der Waals surface area contributed by atoms with E-state index in [1.54, 1.807) is 4.31 Å². The quantitative estimate of drug-likeness (QED) is 0.783. The van der Waals surface area contributed by atoms with Crippen molar-refractivity contribution < 1.29 is 13.2 Å². The molecule has 0 spiro atoms. The predicted octanol–water partition coefficient (Wildman–Crippen LogP) is 3.98. The summed E-state index contributed by atoms with van der Waals surface area (Å²) >= 11 is 0. The fourth-order valence-corrected chi connectivity index (χ4v) is 8.17. The first-order valence-corrected chi connectivity index (χ1v) is 11.9. The van der Waals surface area contributed by atoms with Gasteiger partial charge >= 0.3 is 0 Å². The topological polar surface area (TPSA) is 54.5 Å². The fraction of sp³-hybridized carbons (Fsp3) is 0.682. The van der Waals surface area contributed by atoms with E-state index in [0.29, 0.717) is 25.4 Å². The van der Waals surface area contributed by atoms with Gasteiger partial charge in [-0.15, -0.1) is 0 Å². The van der Waals surface area contributed by atoms with Crippen LogP contribution in [0.1, 0.15) is 63.9 Å². The van der Waals surface area contributed by atoms with Crippen molar-refractivity contribution >= 4 is 15.8 Å². The molecule has 2 bridgehead atoms. The molecule has 2 saturated carbocycles. The lowest BCUT2D eigenvalue weighted by atomic mass is 9.70. The smallest absolute Gasteiger partial charge is 0.215 e. The first-order valence-electron chi connectivity index (χ1n) is 10.3. The molecule has 1 aromatic rings. The Morgan fingerprint density at radius 2 is 1.85 bits per heavy atom. The molecule has 0 N–H and O–H groups in total. The van der Waals surface area contributed by atoms with Crippen molar-refractivity contribution in [2.75, 3.05) is 18.8 Å². The van der Waals surface area contributed by atoms with Gasteiger partial charge in [0.2, 0.25) is 10.0 Å². The molecule has 1 saturated heterocycles. The van der Waals surface area contributed by atoms with Crippen LogP contribution in [-0.4, -0.2) is 37.3 Å². The van der Waals surface area contributed by atoms with E-state index in [1.165, 1.54) is 5.56 Å². The van der Waals surface area contributed by atoms with Gasteiger partial charge in [0.15, 0.2) is 0 Å². The zero-order valence-electron chi connectivity index (χ0n) is 16.5. The van der Waals surface area contributed by atoms with Gasteiger partial charge in [0.25, 0.3) is 0 Å². The largest absolute Gasteiger partial charge is 0.299 e. The minimum atomic E-state index is -3.47. The molecule has 2 aliphatic carbocycles. The van der Waals surface area contributed by atoms with Crippen LogP contribution in [0.15, 0.2) is 30.3 Å². The van der Waals surface area contributed by atoms with E-state index in [9.17, 15) is 13.2 Å². The number of hydrogen-bond acceptors (Lipinski definition) is 3. The van der Waals surface area contributed by atoms with E-state index in [2.05, 4.69) is 26.0 Å². The van der Waals surface area contributed by atoms with Crippen LogP contribution in [0, 0.1) is 16.7 Å². The van der Waals surface area contributed by atoms with Crippen LogP contribution in [0.25, 0.3) is 0 Å². The fourth-order valence-electron chi connectivity index (χ4n) is 5.87. The number of hydrogen-bond donors (Lipinski definition) is 0. The van der Waals surface area contributed by atoms with Gasteiger partial charge in [-0.1, -0.05) is 50.6 Å². The number of rotatable bonds is 4. The number of benzene rings is 1. The van der Waals surface area contributed by atoms with E-state index in [1.807, 2.05) is 18.2 Å². The maximum Gasteiger partial charge on any atom is 0.215 e. The molecule has 27 heavy (non-hydrogen) atoms. The summed E-state index contributed by atoms with van der Waals surface area (Å²) < 4.78 is 28.6. The highest BCUT2D eigenvalue weighted by Gasteiger charge is 2.65. The van der Waals surface area contributed by atoms with Gasteiger partial charge in [-0.2, -0.15) is 0 Å². The van der Waals surface area contributed by atoms with Gasteiger partial charge in [-0.05, 0) is 48.5 Å². The highest BCUT2D eigenvalue weighted by molar-refractivity contribution is 7.89. The van der Waals surface area contributed by atoms with E-state index >= 15 is 0 Å². The zero-order chi connectivity index (χ0) is 19.3. The molecule has 0 aromatic heterocycles. The Hall–Kier alpha value is -1.20. The number of nitrogens with zero attached hydrogens (tertiary/aromatic N) is 1. The summed E-state index contributed by atoms with van der Waals surface area (Å²) in [5, 5.41) is 0. The maximum atomic E-state index is 13.5. The average Bonchev–Trinajstić information content (AvgIpc) is 2.89. The molecule has 148 valence electrons. The maximum absolute atomic E-state index is 13.5. The van der Waals surface area contributed by atoms with Crippen molar-refractivity contribution in [3.63, 3.8) is 0 Å². The van der Waals surface area contributed by atoms with Crippen LogP contribution >= 0.6 is 0 Å². The van der Waals surface area contributed by atoms with Crippen LogP contribution < -0.4 is 0 Å². The van der Waals surface area contributed by atoms with Crippen molar-refractivity contribution in [1.29, 1.82) is 0 Å². The van der Waals surface area contributed by atoms with Crippen molar-refractivity contribution in [2.45, 2.75) is 58.3 Å². The Kier molecular flexibility index (Phi) is 4.75. The highest BCUT2D eigenvalue weighted by atomic mass is 32.2. The summed E-state index contributed by atoms with van der Waals surface area (Å²) in [6.45, 7) is 5.35. The molecule has 3 fully saturated rings. The van der Waals surface area contributed by atoms with Gasteiger partial charge in [0, 0.05) is 24.9 Å². The van der Waals surface area contributed by atoms with Crippen LogP contribution in [0.5, 0.6) is 0 Å². The van der Waals surface area contributed by atoms with Crippen LogP contribution in [0.4, 0.5) is 0 Å². The summed E-state index contributed by atoms with van der Waals surface area (Å²) in [6, 6.07) is 10.3. The number of sulfonamides is 1. The molecule has 1 aliphatic heterocycles. The van der Waals surface area contributed by atoms with E-state index < -0.39 is 15.4 Å². The monoisotopic (exact) mass is 389 g/mol. The molecule has 1 aromatic carbocycles. The molecule has 4 nitrogen and oxygen atoms in total. The summed E-state index contributed by atoms with van der Waals surface area (Å²) in [7, 11) is -3.47. The zero-order valence-corrected chi connectivity index (χ0v) is 17.3. The van der Waals surface area contributed by atoms with Crippen LogP contribution in [-0.2, 0) is 14.8 Å². The van der Waals surface area contributed by atoms with Crippen molar-refractivity contribution in [3.8, 4) is 0 Å². The van der Waals surface area contributed by atoms with Crippen LogP contribution in [0.2, 0.25) is 0 Å². The molecule has 0 radical (unpaired) electrons. The molecule has 4 rings (SSSR count). The van der Waals surface area contributed by atoms with Gasteiger partial charge in [0.05, 0.1) is 5.75 Å². The Balaban J connectivity index is 1.59. The lowest BCUT2D eigenvalue weighted by Gasteiger charge is -2.38. The highest BCUT2D eigenvalue weighted by Crippen LogP contribution is 2.64. The van der Waals surface area contributed by atoms with E-state index in [0.717, 1.165) is 32.1 Å². The van der Waals surface area contributed by atoms with Gasteiger partial charge in [0.1, 0.15) is 5.78 Å². The molecule has 3 aliphatic rings. The van der Waals surface area contributed by atoms with Crippen LogP contribution in [0.3, 0.4) is 0 Å². The first-order chi connectivity index (χ1) is 12.8. The molecule has 3 atom stereocenters. The molecule has 3 unspecified atom stereocenters. The second-order valence-corrected chi connectivity index (χ2v) is 11.4. The van der Waals surface area contributed by atoms with Crippen molar-refractivity contribution in [1.82, 2.24) is 4.31 Å². The number of fused-ring (bicyclic) bond motifs is 2. The lowest BCUT2D eigenvalue weighted by molar-refractivity contribution is -0.128. The lowest BCUT2D eigenvalue weighted by Crippen LogP contribution is -2.47. The summed E-state index contributed by atoms with van der Waals surface area (Å²) in [6.07, 6.45) is 5.25. The third-order valence-electron chi connectivity index (χ3n) is 7.87. The minimum Gasteiger partial charge on any atom is -0.299 e. The molecule has 5 heteroatoms. The number of carbonyl (C=O) groups is 1. The molecular weight excluding hydrogens is 358 g/mol. The van der Waals surface area contributed by atoms with E-state index in [4.69, 9.17) is 0 Å². The van der Waals surface area contributed by atoms with Gasteiger partial charge < -0.3 is 0 Å². The van der Waals surface area contributed by atoms with Gasteiger partial charge in [-0.3, -0.25) is 4.79 Å². The Morgan fingerprint density at radius 3 is 2.48 bits per heavy atom. The standard InChI is InChI=1S/C22H31NO3S/c1-21(2)19-11-12-22(21,20(24)14-19)16-27(25,26)23-13-7-6-10-18(15-23)17-8-4-3-5-9-17/h3-5,8-9,18-19H,6-7,10-16H2,1-2H3. The molecule has 0 amide bonds. The third kappa shape index (κ3) is 3.07. The summed E-state index contributed by atoms with van der Waals surface area (Å²) in [5.41, 5.74) is 0.336. The second kappa shape index (κ2) is 6.70. The first kappa shape index (κ1) is 19.1. The number of ketones is 1. The predicted molar refractivity (Wildman–Crippen MR) is 107 cm³/mol. The Morgan fingerprint density at radius 1 is 1.11 bits per heavy atom. The Labute approximate surface area is 163 Å². The molecular formula is C22H31NO3S. The molecule has 1 heterocycles. The SMILES string of the molecule is CC1(C)C2CCC1(CS(=O)(=O)N1CCCCC(c3ccccc3)C1)C(=O)C2. The number of Topliss-reactive ketones (excluding diaryl/α,β-unsaturated/α-hetero) is 1. The van der Waals surface area contributed by atoms with Gasteiger partial charge in [-0.25, -0.2) is 12.7 Å². The Bertz CT molecular complexity index is 817. The number of carbonyl (C=O) groups excluding carboxylic acids is 1. The average molecular weight is 390 g/mol. The summed E-state index contributed by atoms with van der Waals surface area (Å²) in [5.74, 6) is 0.775. The van der Waals surface area contributed by atoms with Crippen molar-refractivity contribution in [2.24, 2.45) is 16.7 Å². The summed E-state index contributed by atoms with van der Waals surface area (Å²) in [4.78, 5) is 12.8. The minimum absolute atomic E-state index is 0.00381. The third-order valence-corrected chi connectivity index (χ3v) is 9.84.